The summed E-state index contributed by atoms with van der Waals surface area (Å²) >= 11 is 0. The number of nitrogens with two attached hydrogens (primary N) is 1. The van der Waals surface area contributed by atoms with Crippen LogP contribution in [0.2, 0.25) is 0 Å². The lowest BCUT2D eigenvalue weighted by molar-refractivity contribution is 0.217. The number of nitrogens with zero attached hydrogens (tertiary/aromatic N) is 1. The van der Waals surface area contributed by atoms with Gasteiger partial charge in [0.15, 0.2) is 0 Å². The summed E-state index contributed by atoms with van der Waals surface area (Å²) < 4.78 is 18.9. The summed E-state index contributed by atoms with van der Waals surface area (Å²) in [7, 11) is 3.39. The molecule has 0 fully saturated rings. The van der Waals surface area contributed by atoms with E-state index in [9.17, 15) is 4.39 Å². The van der Waals surface area contributed by atoms with Crippen LogP contribution in [0, 0.1) is 5.82 Å². The first-order valence-electron chi connectivity index (χ1n) is 5.97. The maximum atomic E-state index is 13.7. The van der Waals surface area contributed by atoms with Crippen LogP contribution in [-0.2, 0) is 0 Å². The molecule has 1 atom stereocenters. The lowest BCUT2D eigenvalue weighted by atomic mass is 10.0. The first kappa shape index (κ1) is 14.9. The Morgan fingerprint density at radius 1 is 1.44 bits per heavy atom. The van der Waals surface area contributed by atoms with E-state index < -0.39 is 6.04 Å². The van der Waals surface area contributed by atoms with Crippen LogP contribution in [0.3, 0.4) is 0 Å². The van der Waals surface area contributed by atoms with E-state index in [4.69, 9.17) is 15.6 Å². The number of methoxy groups -OCH3 is 1. The van der Waals surface area contributed by atoms with Crippen molar-refractivity contribution in [3.05, 3.63) is 29.6 Å². The molecule has 0 aliphatic carbocycles. The molecule has 18 heavy (non-hydrogen) atoms. The van der Waals surface area contributed by atoms with E-state index in [1.807, 2.05) is 11.9 Å². The Balaban J connectivity index is 2.69. The summed E-state index contributed by atoms with van der Waals surface area (Å²) in [6.45, 7) is 1.38. The summed E-state index contributed by atoms with van der Waals surface area (Å²) in [6.07, 6.45) is 0.605. The van der Waals surface area contributed by atoms with Gasteiger partial charge in [-0.2, -0.15) is 0 Å². The molecule has 5 heteroatoms. The van der Waals surface area contributed by atoms with Crippen LogP contribution in [-0.4, -0.2) is 43.9 Å². The van der Waals surface area contributed by atoms with E-state index in [1.165, 1.54) is 13.2 Å². The predicted molar refractivity (Wildman–Crippen MR) is 69.1 cm³/mol. The maximum absolute atomic E-state index is 13.7. The highest BCUT2D eigenvalue weighted by atomic mass is 19.1. The quantitative estimate of drug-likeness (QED) is 0.768. The van der Waals surface area contributed by atoms with E-state index in [-0.39, 0.29) is 12.4 Å². The van der Waals surface area contributed by atoms with Gasteiger partial charge in [-0.3, -0.25) is 0 Å². The van der Waals surface area contributed by atoms with Crippen LogP contribution < -0.4 is 10.5 Å². The molecule has 1 aromatic carbocycles. The predicted octanol–water partition coefficient (Wildman–Crippen LogP) is 1.15. The molecular weight excluding hydrogens is 235 g/mol. The third-order valence-corrected chi connectivity index (χ3v) is 2.91. The van der Waals surface area contributed by atoms with Crippen LogP contribution in [0.4, 0.5) is 4.39 Å². The highest BCUT2D eigenvalue weighted by Gasteiger charge is 2.17. The Kier molecular flexibility index (Phi) is 6.04. The molecule has 0 amide bonds. The number of aliphatic hydroxyl groups excluding tert-OH is 1. The smallest absolute Gasteiger partial charge is 0.131 e. The number of halogens is 1. The molecular formula is C13H21FN2O2. The minimum Gasteiger partial charge on any atom is -0.496 e. The molecule has 1 aromatic rings. The van der Waals surface area contributed by atoms with Crippen LogP contribution in [0.15, 0.2) is 18.2 Å². The van der Waals surface area contributed by atoms with Crippen molar-refractivity contribution >= 4 is 0 Å². The first-order chi connectivity index (χ1) is 8.60. The third kappa shape index (κ3) is 3.94. The highest BCUT2D eigenvalue weighted by Crippen LogP contribution is 2.28. The Morgan fingerprint density at radius 2 is 2.17 bits per heavy atom. The summed E-state index contributed by atoms with van der Waals surface area (Å²) in [4.78, 5) is 1.95. The molecule has 0 spiro atoms. The van der Waals surface area contributed by atoms with Gasteiger partial charge in [0.25, 0.3) is 0 Å². The average molecular weight is 256 g/mol. The van der Waals surface area contributed by atoms with Crippen molar-refractivity contribution in [2.45, 2.75) is 12.5 Å². The van der Waals surface area contributed by atoms with Gasteiger partial charge in [0.2, 0.25) is 0 Å². The highest BCUT2D eigenvalue weighted by molar-refractivity contribution is 5.37. The maximum Gasteiger partial charge on any atom is 0.131 e. The average Bonchev–Trinajstić information content (AvgIpc) is 2.36. The molecule has 0 bridgehead atoms. The van der Waals surface area contributed by atoms with E-state index in [2.05, 4.69) is 0 Å². The van der Waals surface area contributed by atoms with E-state index in [1.54, 1.807) is 12.1 Å². The second-order valence-electron chi connectivity index (χ2n) is 4.28. The fourth-order valence-corrected chi connectivity index (χ4v) is 1.84. The number of hydrogen-bond acceptors (Lipinski definition) is 4. The Labute approximate surface area is 107 Å². The van der Waals surface area contributed by atoms with Gasteiger partial charge in [-0.25, -0.2) is 4.39 Å². The zero-order chi connectivity index (χ0) is 13.5. The van der Waals surface area contributed by atoms with E-state index in [0.717, 1.165) is 0 Å². The van der Waals surface area contributed by atoms with Gasteiger partial charge < -0.3 is 20.5 Å². The van der Waals surface area contributed by atoms with Gasteiger partial charge >= 0.3 is 0 Å². The number of rotatable bonds is 7. The van der Waals surface area contributed by atoms with Crippen molar-refractivity contribution in [3.8, 4) is 5.75 Å². The summed E-state index contributed by atoms with van der Waals surface area (Å²) in [5.74, 6) is 0.138. The lowest BCUT2D eigenvalue weighted by Gasteiger charge is -2.20. The molecule has 4 nitrogen and oxygen atoms in total. The Bertz CT molecular complexity index is 374. The number of benzene rings is 1. The minimum atomic E-state index is -0.415. The number of ether oxygens (including phenoxy) is 1. The Morgan fingerprint density at radius 3 is 2.78 bits per heavy atom. The monoisotopic (exact) mass is 256 g/mol. The zero-order valence-corrected chi connectivity index (χ0v) is 10.9. The molecule has 1 unspecified atom stereocenters. The normalized spacial score (nSPS) is 12.8. The molecule has 0 saturated heterocycles. The molecule has 3 N–H and O–H groups in total. The zero-order valence-electron chi connectivity index (χ0n) is 10.9. The van der Waals surface area contributed by atoms with Crippen molar-refractivity contribution in [1.29, 1.82) is 0 Å². The second kappa shape index (κ2) is 7.31. The summed E-state index contributed by atoms with van der Waals surface area (Å²) in [6, 6.07) is 4.27. The third-order valence-electron chi connectivity index (χ3n) is 2.91. The lowest BCUT2D eigenvalue weighted by Crippen LogP contribution is -2.26. The van der Waals surface area contributed by atoms with Gasteiger partial charge in [-0.05, 0) is 32.1 Å². The molecule has 0 saturated carbocycles. The van der Waals surface area contributed by atoms with Crippen LogP contribution in [0.5, 0.6) is 5.75 Å². The molecule has 1 rings (SSSR count). The SMILES string of the molecule is COc1cccc(F)c1C(N)CCN(C)CCO. The molecule has 0 radical (unpaired) electrons. The van der Waals surface area contributed by atoms with E-state index in [0.29, 0.717) is 30.8 Å². The standard InChI is InChI=1S/C13H21FN2O2/c1-16(8-9-17)7-6-11(15)13-10(14)4-3-5-12(13)18-2/h3-5,11,17H,6-9,15H2,1-2H3. The Hall–Kier alpha value is -1.17. The van der Waals surface area contributed by atoms with Crippen molar-refractivity contribution in [3.63, 3.8) is 0 Å². The fourth-order valence-electron chi connectivity index (χ4n) is 1.84. The largest absolute Gasteiger partial charge is 0.496 e. The van der Waals surface area contributed by atoms with Gasteiger partial charge in [0.05, 0.1) is 13.7 Å². The molecule has 0 aliphatic heterocycles. The van der Waals surface area contributed by atoms with Crippen LogP contribution >= 0.6 is 0 Å². The second-order valence-corrected chi connectivity index (χ2v) is 4.28. The summed E-state index contributed by atoms with van der Waals surface area (Å²) in [5, 5.41) is 8.79. The van der Waals surface area contributed by atoms with Crippen LogP contribution in [0.1, 0.15) is 18.0 Å². The van der Waals surface area contributed by atoms with Crippen molar-refractivity contribution in [2.75, 3.05) is 33.9 Å². The topological polar surface area (TPSA) is 58.7 Å². The summed E-state index contributed by atoms with van der Waals surface area (Å²) in [5.41, 5.74) is 6.42. The molecule has 0 aromatic heterocycles. The number of aliphatic hydroxyl groups is 1. The van der Waals surface area contributed by atoms with Crippen molar-refractivity contribution in [2.24, 2.45) is 5.73 Å². The van der Waals surface area contributed by atoms with Gasteiger partial charge in [-0.1, -0.05) is 6.07 Å². The minimum absolute atomic E-state index is 0.106. The first-order valence-corrected chi connectivity index (χ1v) is 5.97. The van der Waals surface area contributed by atoms with Crippen molar-refractivity contribution in [1.82, 2.24) is 4.90 Å². The van der Waals surface area contributed by atoms with Crippen LogP contribution in [0.25, 0.3) is 0 Å². The van der Waals surface area contributed by atoms with E-state index >= 15 is 0 Å². The number of likely N-dealkylation sites (N-methyl/N-ethyl adjacent to an activating group) is 1. The molecule has 102 valence electrons. The van der Waals surface area contributed by atoms with Crippen molar-refractivity contribution < 1.29 is 14.2 Å². The van der Waals surface area contributed by atoms with Gasteiger partial charge in [0, 0.05) is 18.2 Å². The molecule has 0 aliphatic rings. The number of hydrogen-bond donors (Lipinski definition) is 2. The molecule has 0 heterocycles. The van der Waals surface area contributed by atoms with Gasteiger partial charge in [-0.15, -0.1) is 0 Å². The fraction of sp³-hybridized carbons (Fsp3) is 0.538. The van der Waals surface area contributed by atoms with Gasteiger partial charge in [0.1, 0.15) is 11.6 Å².